The molecule has 0 aliphatic heterocycles. The van der Waals surface area contributed by atoms with Gasteiger partial charge in [-0.15, -0.1) is 11.3 Å². The lowest BCUT2D eigenvalue weighted by Crippen LogP contribution is -1.99. The molecule has 0 saturated heterocycles. The minimum Gasteiger partial charge on any atom is -0.387 e. The Labute approximate surface area is 85.6 Å². The molecular weight excluding hydrogens is 198 g/mol. The molecule has 2 aromatic heterocycles. The van der Waals surface area contributed by atoms with Gasteiger partial charge >= 0.3 is 0 Å². The van der Waals surface area contributed by atoms with E-state index in [1.165, 1.54) is 4.88 Å². The number of H-pyrrole nitrogens is 1. The number of aromatic nitrogens is 3. The van der Waals surface area contributed by atoms with E-state index in [2.05, 4.69) is 21.5 Å². The molecule has 0 aromatic carbocycles. The van der Waals surface area contributed by atoms with E-state index in [9.17, 15) is 5.11 Å². The van der Waals surface area contributed by atoms with E-state index in [4.69, 9.17) is 0 Å². The van der Waals surface area contributed by atoms with E-state index in [0.29, 0.717) is 12.1 Å². The van der Waals surface area contributed by atoms with E-state index in [1.807, 2.05) is 11.4 Å². The predicted molar refractivity (Wildman–Crippen MR) is 54.0 cm³/mol. The number of aliphatic hydroxyl groups is 1. The highest BCUT2D eigenvalue weighted by Crippen LogP contribution is 2.18. The van der Waals surface area contributed by atoms with Crippen LogP contribution in [0.4, 0.5) is 0 Å². The third-order valence-corrected chi connectivity index (χ3v) is 2.96. The second-order valence-corrected chi connectivity index (χ2v) is 4.06. The van der Waals surface area contributed by atoms with Gasteiger partial charge in [-0.1, -0.05) is 6.07 Å². The first-order valence-corrected chi connectivity index (χ1v) is 5.30. The summed E-state index contributed by atoms with van der Waals surface area (Å²) in [6.45, 7) is 0. The van der Waals surface area contributed by atoms with Gasteiger partial charge in [0.15, 0.2) is 0 Å². The summed E-state index contributed by atoms with van der Waals surface area (Å²) in [6.07, 6.45) is 2.61. The molecule has 2 rings (SSSR count). The second kappa shape index (κ2) is 4.34. The maximum atomic E-state index is 9.69. The van der Waals surface area contributed by atoms with Crippen molar-refractivity contribution in [1.29, 1.82) is 0 Å². The van der Waals surface area contributed by atoms with Crippen LogP contribution in [0.15, 0.2) is 23.7 Å². The molecule has 2 aromatic rings. The first-order valence-electron chi connectivity index (χ1n) is 4.42. The lowest BCUT2D eigenvalue weighted by atomic mass is 10.1. The van der Waals surface area contributed by atoms with Crippen LogP contribution in [0.3, 0.4) is 0 Å². The fraction of sp³-hybridized carbons (Fsp3) is 0.333. The molecular formula is C9H11N3OS. The summed E-state index contributed by atoms with van der Waals surface area (Å²) in [7, 11) is 0. The molecule has 0 amide bonds. The Morgan fingerprint density at radius 3 is 3.14 bits per heavy atom. The highest BCUT2D eigenvalue weighted by Gasteiger charge is 2.10. The zero-order valence-corrected chi connectivity index (χ0v) is 8.37. The fourth-order valence-corrected chi connectivity index (χ4v) is 1.98. The molecule has 0 aliphatic rings. The van der Waals surface area contributed by atoms with Gasteiger partial charge < -0.3 is 5.11 Å². The van der Waals surface area contributed by atoms with Crippen LogP contribution < -0.4 is 0 Å². The van der Waals surface area contributed by atoms with Crippen LogP contribution in [0.5, 0.6) is 0 Å². The quantitative estimate of drug-likeness (QED) is 0.802. The molecule has 0 radical (unpaired) electrons. The van der Waals surface area contributed by atoms with Crippen molar-refractivity contribution in [2.24, 2.45) is 0 Å². The number of aromatic amines is 1. The summed E-state index contributed by atoms with van der Waals surface area (Å²) in [5.74, 6) is 0. The van der Waals surface area contributed by atoms with Gasteiger partial charge in [0.05, 0.1) is 12.3 Å². The number of hydrogen-bond donors (Lipinski definition) is 2. The monoisotopic (exact) mass is 209 g/mol. The summed E-state index contributed by atoms with van der Waals surface area (Å²) in [5, 5.41) is 21.7. The summed E-state index contributed by atoms with van der Waals surface area (Å²) in [4.78, 5) is 1.28. The van der Waals surface area contributed by atoms with Crippen LogP contribution in [-0.2, 0) is 6.42 Å². The first kappa shape index (κ1) is 9.36. The Kier molecular flexibility index (Phi) is 2.90. The molecule has 4 nitrogen and oxygen atoms in total. The van der Waals surface area contributed by atoms with Gasteiger partial charge in [-0.05, 0) is 24.3 Å². The van der Waals surface area contributed by atoms with E-state index < -0.39 is 6.10 Å². The van der Waals surface area contributed by atoms with E-state index in [0.717, 1.165) is 6.42 Å². The molecule has 2 N–H and O–H groups in total. The molecule has 5 heteroatoms. The van der Waals surface area contributed by atoms with Gasteiger partial charge in [0.2, 0.25) is 0 Å². The molecule has 0 bridgehead atoms. The van der Waals surface area contributed by atoms with Crippen molar-refractivity contribution in [1.82, 2.24) is 15.4 Å². The van der Waals surface area contributed by atoms with Crippen molar-refractivity contribution in [3.05, 3.63) is 34.3 Å². The smallest absolute Gasteiger partial charge is 0.111 e. The average Bonchev–Trinajstić information content (AvgIpc) is 2.87. The molecule has 2 heterocycles. The Morgan fingerprint density at radius 1 is 1.57 bits per heavy atom. The number of hydrogen-bond acceptors (Lipinski definition) is 4. The van der Waals surface area contributed by atoms with Crippen molar-refractivity contribution in [3.8, 4) is 0 Å². The average molecular weight is 209 g/mol. The highest BCUT2D eigenvalue weighted by atomic mass is 32.1. The minimum atomic E-state index is -0.518. The Bertz CT molecular complexity index is 357. The van der Waals surface area contributed by atoms with Crippen LogP contribution in [0.2, 0.25) is 0 Å². The number of nitrogens with one attached hydrogen (secondary N) is 1. The number of nitrogens with zero attached hydrogens (tertiary/aromatic N) is 2. The number of rotatable bonds is 4. The van der Waals surface area contributed by atoms with Crippen molar-refractivity contribution in [2.75, 3.05) is 0 Å². The van der Waals surface area contributed by atoms with Crippen LogP contribution in [-0.4, -0.2) is 20.5 Å². The second-order valence-electron chi connectivity index (χ2n) is 3.03. The highest BCUT2D eigenvalue weighted by molar-refractivity contribution is 7.09. The molecule has 0 fully saturated rings. The Morgan fingerprint density at radius 2 is 2.50 bits per heavy atom. The maximum absolute atomic E-state index is 9.69. The zero-order valence-electron chi connectivity index (χ0n) is 7.55. The topological polar surface area (TPSA) is 61.8 Å². The van der Waals surface area contributed by atoms with Gasteiger partial charge in [-0.3, -0.25) is 0 Å². The van der Waals surface area contributed by atoms with Crippen molar-refractivity contribution in [2.45, 2.75) is 18.9 Å². The van der Waals surface area contributed by atoms with Gasteiger partial charge in [0, 0.05) is 4.88 Å². The van der Waals surface area contributed by atoms with Crippen LogP contribution in [0.1, 0.15) is 23.1 Å². The lowest BCUT2D eigenvalue weighted by Gasteiger charge is -2.04. The first-order chi connectivity index (χ1) is 6.86. The number of aryl methyl sites for hydroxylation is 1. The van der Waals surface area contributed by atoms with Gasteiger partial charge in [0.25, 0.3) is 0 Å². The van der Waals surface area contributed by atoms with Crippen LogP contribution in [0.25, 0.3) is 0 Å². The van der Waals surface area contributed by atoms with Gasteiger partial charge in [-0.25, -0.2) is 0 Å². The SMILES string of the molecule is OC(CCc1cccs1)c1cn[nH]n1. The molecule has 1 atom stereocenters. The van der Waals surface area contributed by atoms with E-state index in [-0.39, 0.29) is 0 Å². The molecule has 14 heavy (non-hydrogen) atoms. The van der Waals surface area contributed by atoms with E-state index >= 15 is 0 Å². The van der Waals surface area contributed by atoms with Crippen LogP contribution >= 0.6 is 11.3 Å². The minimum absolute atomic E-state index is 0.518. The zero-order chi connectivity index (χ0) is 9.80. The summed E-state index contributed by atoms with van der Waals surface area (Å²) in [6, 6.07) is 4.09. The Hall–Kier alpha value is -1.20. The third kappa shape index (κ3) is 2.18. The largest absolute Gasteiger partial charge is 0.387 e. The van der Waals surface area contributed by atoms with Crippen molar-refractivity contribution >= 4 is 11.3 Å². The number of thiophene rings is 1. The van der Waals surface area contributed by atoms with Gasteiger partial charge in [-0.2, -0.15) is 15.4 Å². The lowest BCUT2D eigenvalue weighted by molar-refractivity contribution is 0.163. The van der Waals surface area contributed by atoms with Crippen LogP contribution in [0, 0.1) is 0 Å². The molecule has 1 unspecified atom stereocenters. The molecule has 0 saturated carbocycles. The molecule has 0 aliphatic carbocycles. The maximum Gasteiger partial charge on any atom is 0.111 e. The van der Waals surface area contributed by atoms with Crippen molar-refractivity contribution in [3.63, 3.8) is 0 Å². The summed E-state index contributed by atoms with van der Waals surface area (Å²) in [5.41, 5.74) is 0.613. The van der Waals surface area contributed by atoms with Gasteiger partial charge in [0.1, 0.15) is 5.69 Å². The molecule has 74 valence electrons. The van der Waals surface area contributed by atoms with E-state index in [1.54, 1.807) is 17.5 Å². The standard InChI is InChI=1S/C9H11N3OS/c13-9(8-6-10-12-11-8)4-3-7-2-1-5-14-7/h1-2,5-6,9,13H,3-4H2,(H,10,11,12). The molecule has 0 spiro atoms. The number of aliphatic hydroxyl groups excluding tert-OH is 1. The predicted octanol–water partition coefficient (Wildman–Crippen LogP) is 1.53. The summed E-state index contributed by atoms with van der Waals surface area (Å²) < 4.78 is 0. The normalized spacial score (nSPS) is 12.9. The third-order valence-electron chi connectivity index (χ3n) is 2.02. The van der Waals surface area contributed by atoms with Crippen molar-refractivity contribution < 1.29 is 5.11 Å². The fourth-order valence-electron chi connectivity index (χ4n) is 1.25. The Balaban J connectivity index is 1.87. The summed E-state index contributed by atoms with van der Waals surface area (Å²) >= 11 is 1.71.